The first kappa shape index (κ1) is 16.3. The molecule has 6 heteroatoms. The van der Waals surface area contributed by atoms with Crippen molar-refractivity contribution in [2.45, 2.75) is 38.6 Å². The molecule has 2 aromatic rings. The molecule has 1 aromatic carbocycles. The van der Waals surface area contributed by atoms with E-state index in [9.17, 15) is 9.18 Å². The van der Waals surface area contributed by atoms with Gasteiger partial charge in [0, 0.05) is 20.1 Å². The van der Waals surface area contributed by atoms with Crippen molar-refractivity contribution in [3.63, 3.8) is 0 Å². The quantitative estimate of drug-likeness (QED) is 0.839. The first-order valence-corrected chi connectivity index (χ1v) is 8.84. The number of halogens is 1. The molecule has 23 heavy (non-hydrogen) atoms. The van der Waals surface area contributed by atoms with Crippen LogP contribution in [0.2, 0.25) is 0 Å². The lowest BCUT2D eigenvalue weighted by atomic mass is 10.0. The lowest BCUT2D eigenvalue weighted by Crippen LogP contribution is -2.19. The number of ether oxygens (including phenoxy) is 1. The molecule has 0 radical (unpaired) electrons. The summed E-state index contributed by atoms with van der Waals surface area (Å²) in [4.78, 5) is 17.2. The molecule has 0 unspecified atom stereocenters. The third-order valence-corrected chi connectivity index (χ3v) is 5.36. The van der Waals surface area contributed by atoms with Crippen LogP contribution in [0.15, 0.2) is 23.2 Å². The molecule has 0 aliphatic heterocycles. The lowest BCUT2D eigenvalue weighted by molar-refractivity contribution is -0.118. The van der Waals surface area contributed by atoms with E-state index in [0.29, 0.717) is 30.3 Å². The van der Waals surface area contributed by atoms with Crippen molar-refractivity contribution in [2.24, 2.45) is 10.9 Å². The van der Waals surface area contributed by atoms with Crippen LogP contribution in [0.1, 0.15) is 32.1 Å². The molecule has 3 rings (SSSR count). The fraction of sp³-hybridized carbons (Fsp3) is 0.529. The van der Waals surface area contributed by atoms with Gasteiger partial charge < -0.3 is 9.30 Å². The number of hydrogen-bond acceptors (Lipinski definition) is 3. The Hall–Kier alpha value is -1.53. The van der Waals surface area contributed by atoms with E-state index in [2.05, 4.69) is 4.99 Å². The summed E-state index contributed by atoms with van der Waals surface area (Å²) in [6.07, 6.45) is 5.21. The highest BCUT2D eigenvalue weighted by atomic mass is 32.1. The Kier molecular flexibility index (Phi) is 5.23. The van der Waals surface area contributed by atoms with Crippen molar-refractivity contribution < 1.29 is 13.9 Å². The van der Waals surface area contributed by atoms with Crippen molar-refractivity contribution in [3.05, 3.63) is 28.8 Å². The van der Waals surface area contributed by atoms with Gasteiger partial charge in [-0.3, -0.25) is 4.79 Å². The molecule has 0 saturated heterocycles. The molecule has 0 atom stereocenters. The fourth-order valence-corrected chi connectivity index (χ4v) is 4.24. The van der Waals surface area contributed by atoms with Gasteiger partial charge in [-0.1, -0.05) is 24.2 Å². The Labute approximate surface area is 138 Å². The maximum absolute atomic E-state index is 13.4. The minimum absolute atomic E-state index is 0.0740. The van der Waals surface area contributed by atoms with Crippen LogP contribution in [-0.4, -0.2) is 24.2 Å². The Morgan fingerprint density at radius 1 is 1.43 bits per heavy atom. The first-order chi connectivity index (χ1) is 11.2. The molecule has 1 saturated carbocycles. The van der Waals surface area contributed by atoms with E-state index in [4.69, 9.17) is 4.74 Å². The summed E-state index contributed by atoms with van der Waals surface area (Å²) in [6, 6.07) is 4.66. The van der Waals surface area contributed by atoms with Crippen molar-refractivity contribution in [2.75, 3.05) is 13.7 Å². The van der Waals surface area contributed by atoms with Crippen LogP contribution < -0.4 is 4.80 Å². The molecular weight excluding hydrogens is 315 g/mol. The number of carbonyl (C=O) groups excluding carboxylic acids is 1. The van der Waals surface area contributed by atoms with Gasteiger partial charge in [0.25, 0.3) is 0 Å². The summed E-state index contributed by atoms with van der Waals surface area (Å²) in [5.41, 5.74) is 0.890. The molecule has 0 bridgehead atoms. The second-order valence-corrected chi connectivity index (χ2v) is 7.01. The van der Waals surface area contributed by atoms with E-state index in [1.54, 1.807) is 13.2 Å². The number of amides is 1. The number of benzene rings is 1. The zero-order valence-corrected chi connectivity index (χ0v) is 14.1. The Morgan fingerprint density at radius 2 is 2.22 bits per heavy atom. The van der Waals surface area contributed by atoms with Crippen molar-refractivity contribution >= 4 is 27.5 Å². The number of fused-ring (bicyclic) bond motifs is 1. The second kappa shape index (κ2) is 7.36. The van der Waals surface area contributed by atoms with Gasteiger partial charge >= 0.3 is 0 Å². The Bertz CT molecular complexity index is 760. The monoisotopic (exact) mass is 336 g/mol. The third-order valence-electron chi connectivity index (χ3n) is 4.32. The topological polar surface area (TPSA) is 43.6 Å². The molecular formula is C17H21FN2O2S. The standard InChI is InChI=1S/C17H21FN2O2S/c1-22-9-8-20-14-7-6-13(18)11-15(14)23-17(20)19-16(21)10-12-4-2-3-5-12/h6-7,11-12H,2-5,8-10H2,1H3/b19-17-. The number of thiazole rings is 1. The predicted molar refractivity (Wildman–Crippen MR) is 88.8 cm³/mol. The van der Waals surface area contributed by atoms with Crippen molar-refractivity contribution in [3.8, 4) is 0 Å². The molecule has 1 aliphatic carbocycles. The maximum Gasteiger partial charge on any atom is 0.248 e. The van der Waals surface area contributed by atoms with Crippen LogP contribution in [-0.2, 0) is 16.1 Å². The largest absolute Gasteiger partial charge is 0.383 e. The van der Waals surface area contributed by atoms with E-state index in [-0.39, 0.29) is 11.7 Å². The highest BCUT2D eigenvalue weighted by Crippen LogP contribution is 2.27. The van der Waals surface area contributed by atoms with Crippen LogP contribution >= 0.6 is 11.3 Å². The van der Waals surface area contributed by atoms with Crippen LogP contribution in [0.4, 0.5) is 4.39 Å². The first-order valence-electron chi connectivity index (χ1n) is 8.03. The summed E-state index contributed by atoms with van der Waals surface area (Å²) in [5, 5.41) is 0. The Balaban J connectivity index is 1.93. The smallest absolute Gasteiger partial charge is 0.248 e. The van der Waals surface area contributed by atoms with Crippen molar-refractivity contribution in [1.82, 2.24) is 4.57 Å². The zero-order chi connectivity index (χ0) is 16.2. The van der Waals surface area contributed by atoms with Gasteiger partial charge in [-0.05, 0) is 37.0 Å². The average molecular weight is 336 g/mol. The lowest BCUT2D eigenvalue weighted by Gasteiger charge is -2.05. The average Bonchev–Trinajstić information content (AvgIpc) is 3.12. The van der Waals surface area contributed by atoms with Crippen LogP contribution in [0.25, 0.3) is 10.2 Å². The number of rotatable bonds is 5. The number of hydrogen-bond donors (Lipinski definition) is 0. The SMILES string of the molecule is COCCn1/c(=N/C(=O)CC2CCCC2)sc2cc(F)ccc21. The number of aromatic nitrogens is 1. The normalized spacial score (nSPS) is 16.5. The van der Waals surface area contributed by atoms with Crippen LogP contribution in [0.5, 0.6) is 0 Å². The molecule has 124 valence electrons. The number of nitrogens with zero attached hydrogens (tertiary/aromatic N) is 2. The molecule has 1 aromatic heterocycles. The fourth-order valence-electron chi connectivity index (χ4n) is 3.14. The van der Waals surface area contributed by atoms with Gasteiger partial charge in [0.05, 0.1) is 16.8 Å². The summed E-state index contributed by atoms with van der Waals surface area (Å²) < 4.78 is 21.3. The molecule has 1 aliphatic rings. The molecule has 0 spiro atoms. The summed E-state index contributed by atoms with van der Waals surface area (Å²) in [7, 11) is 1.64. The van der Waals surface area contributed by atoms with Gasteiger partial charge in [-0.2, -0.15) is 4.99 Å². The van der Waals surface area contributed by atoms with Crippen LogP contribution in [0, 0.1) is 11.7 Å². The maximum atomic E-state index is 13.4. The minimum atomic E-state index is -0.276. The van der Waals surface area contributed by atoms with E-state index in [1.165, 1.54) is 36.3 Å². The van der Waals surface area contributed by atoms with Gasteiger partial charge in [-0.15, -0.1) is 0 Å². The van der Waals surface area contributed by atoms with Gasteiger partial charge in [0.1, 0.15) is 5.82 Å². The molecule has 1 heterocycles. The molecule has 1 fully saturated rings. The Morgan fingerprint density at radius 3 is 2.96 bits per heavy atom. The van der Waals surface area contributed by atoms with Gasteiger partial charge in [-0.25, -0.2) is 4.39 Å². The van der Waals surface area contributed by atoms with Crippen LogP contribution in [0.3, 0.4) is 0 Å². The van der Waals surface area contributed by atoms with E-state index < -0.39 is 0 Å². The van der Waals surface area contributed by atoms with E-state index in [0.717, 1.165) is 23.1 Å². The second-order valence-electron chi connectivity index (χ2n) is 6.00. The summed E-state index contributed by atoms with van der Waals surface area (Å²) in [6.45, 7) is 1.12. The van der Waals surface area contributed by atoms with Gasteiger partial charge in [0.2, 0.25) is 5.91 Å². The molecule has 0 N–H and O–H groups in total. The molecule has 4 nitrogen and oxygen atoms in total. The van der Waals surface area contributed by atoms with E-state index >= 15 is 0 Å². The van der Waals surface area contributed by atoms with E-state index in [1.807, 2.05) is 4.57 Å². The summed E-state index contributed by atoms with van der Waals surface area (Å²) >= 11 is 1.35. The number of methoxy groups -OCH3 is 1. The molecule has 1 amide bonds. The highest BCUT2D eigenvalue weighted by molar-refractivity contribution is 7.16. The van der Waals surface area contributed by atoms with Gasteiger partial charge in [0.15, 0.2) is 4.80 Å². The zero-order valence-electron chi connectivity index (χ0n) is 13.3. The summed E-state index contributed by atoms with van der Waals surface area (Å²) in [5.74, 6) is 0.127. The van der Waals surface area contributed by atoms with Crippen molar-refractivity contribution in [1.29, 1.82) is 0 Å². The minimum Gasteiger partial charge on any atom is -0.383 e. The predicted octanol–water partition coefficient (Wildman–Crippen LogP) is 3.50. The highest BCUT2D eigenvalue weighted by Gasteiger charge is 2.18. The number of carbonyl (C=O) groups is 1. The third kappa shape index (κ3) is 3.87.